The Morgan fingerprint density at radius 2 is 2.67 bits per heavy atom. The normalized spacial score (nSPS) is 14.1. The zero-order valence-electron chi connectivity index (χ0n) is 7.68. The number of anilines is 1. The van der Waals surface area contributed by atoms with Crippen LogP contribution in [-0.4, -0.2) is 10.1 Å². The molecule has 0 saturated carbocycles. The van der Waals surface area contributed by atoms with Crippen LogP contribution < -0.4 is 5.73 Å². The van der Waals surface area contributed by atoms with Crippen molar-refractivity contribution in [2.75, 3.05) is 5.73 Å². The molecular formula is C6H8N2O. The predicted octanol–water partition coefficient (Wildman–Crippen LogP) is 0.156. The minimum Gasteiger partial charge on any atom is -0.392 e. The molecule has 0 atom stereocenters. The van der Waals surface area contributed by atoms with E-state index in [1.54, 1.807) is 0 Å². The molecule has 0 aliphatic carbocycles. The van der Waals surface area contributed by atoms with Crippen molar-refractivity contribution in [2.45, 2.75) is 6.61 Å². The highest BCUT2D eigenvalue weighted by atomic mass is 16.3. The molecule has 48 valence electrons. The Morgan fingerprint density at radius 1 is 1.89 bits per heavy atom. The highest BCUT2D eigenvalue weighted by Crippen LogP contribution is 2.00. The summed E-state index contributed by atoms with van der Waals surface area (Å²) < 4.78 is 21.7. The van der Waals surface area contributed by atoms with Gasteiger partial charge in [-0.2, -0.15) is 0 Å². The van der Waals surface area contributed by atoms with Gasteiger partial charge in [0.25, 0.3) is 0 Å². The monoisotopic (exact) mass is 127 g/mol. The standard InChI is InChI=1S/C6H8N2O/c7-6-3-5(4-9)1-2-8-6/h1-3,9H,4H2,(H2,7,8)/i1D,2D,3D. The quantitative estimate of drug-likeness (QED) is 0.564. The third-order valence-corrected chi connectivity index (χ3v) is 0.820. The van der Waals surface area contributed by atoms with Crippen LogP contribution in [0.15, 0.2) is 18.3 Å². The first-order chi connectivity index (χ1) is 5.57. The summed E-state index contributed by atoms with van der Waals surface area (Å²) in [6, 6.07) is -0.407. The smallest absolute Gasteiger partial charge is 0.123 e. The zero-order chi connectivity index (χ0) is 9.30. The minimum absolute atomic E-state index is 0.0486. The van der Waals surface area contributed by atoms with Crippen molar-refractivity contribution < 1.29 is 9.22 Å². The second-order valence-electron chi connectivity index (χ2n) is 1.50. The van der Waals surface area contributed by atoms with E-state index >= 15 is 0 Å². The van der Waals surface area contributed by atoms with Gasteiger partial charge in [0, 0.05) is 6.17 Å². The largest absolute Gasteiger partial charge is 0.392 e. The van der Waals surface area contributed by atoms with Crippen molar-refractivity contribution in [3.05, 3.63) is 23.8 Å². The van der Waals surface area contributed by atoms with E-state index in [0.717, 1.165) is 0 Å². The lowest BCUT2D eigenvalue weighted by atomic mass is 10.3. The molecule has 1 aromatic rings. The molecular weight excluding hydrogens is 116 g/mol. The molecule has 3 nitrogen and oxygen atoms in total. The maximum Gasteiger partial charge on any atom is 0.123 e. The third-order valence-electron chi connectivity index (χ3n) is 0.820. The minimum atomic E-state index is -0.462. The van der Waals surface area contributed by atoms with Gasteiger partial charge in [-0.3, -0.25) is 0 Å². The van der Waals surface area contributed by atoms with Gasteiger partial charge in [0.15, 0.2) is 0 Å². The van der Waals surface area contributed by atoms with Crippen LogP contribution in [0, 0.1) is 0 Å². The highest BCUT2D eigenvalue weighted by Gasteiger charge is 1.88. The van der Waals surface area contributed by atoms with Crippen molar-refractivity contribution in [3.8, 4) is 0 Å². The van der Waals surface area contributed by atoms with Crippen LogP contribution in [0.25, 0.3) is 0 Å². The third kappa shape index (κ3) is 1.40. The van der Waals surface area contributed by atoms with Gasteiger partial charge < -0.3 is 10.8 Å². The lowest BCUT2D eigenvalue weighted by Crippen LogP contribution is -1.91. The molecule has 0 aliphatic heterocycles. The zero-order valence-corrected chi connectivity index (χ0v) is 4.68. The Balaban J connectivity index is 3.42. The van der Waals surface area contributed by atoms with Crippen molar-refractivity contribution in [2.24, 2.45) is 0 Å². The van der Waals surface area contributed by atoms with Gasteiger partial charge in [-0.25, -0.2) is 4.98 Å². The van der Waals surface area contributed by atoms with E-state index in [0.29, 0.717) is 0 Å². The van der Waals surface area contributed by atoms with Gasteiger partial charge in [-0.05, 0) is 17.6 Å². The van der Waals surface area contributed by atoms with E-state index < -0.39 is 6.61 Å². The average Bonchev–Trinajstić information content (AvgIpc) is 2.02. The average molecular weight is 127 g/mol. The van der Waals surface area contributed by atoms with E-state index in [-0.39, 0.29) is 29.6 Å². The lowest BCUT2D eigenvalue weighted by molar-refractivity contribution is 0.282. The SMILES string of the molecule is [2H]c1nc(N)c([2H])c(CO)c1[2H]. The number of aromatic nitrogens is 1. The molecule has 3 N–H and O–H groups in total. The Hall–Kier alpha value is -1.09. The number of nitrogens with zero attached hydrogens (tertiary/aromatic N) is 1. The Morgan fingerprint density at radius 3 is 3.33 bits per heavy atom. The second kappa shape index (κ2) is 2.46. The molecule has 1 aromatic heterocycles. The summed E-state index contributed by atoms with van der Waals surface area (Å²) >= 11 is 0. The van der Waals surface area contributed by atoms with Crippen LogP contribution in [0.2, 0.25) is 0 Å². The number of aliphatic hydroxyl groups is 1. The molecule has 0 fully saturated rings. The van der Waals surface area contributed by atoms with Crippen LogP contribution in [0.5, 0.6) is 0 Å². The van der Waals surface area contributed by atoms with Gasteiger partial charge in [-0.15, -0.1) is 0 Å². The first-order valence-corrected chi connectivity index (χ1v) is 2.41. The fourth-order valence-corrected chi connectivity index (χ4v) is 0.449. The molecule has 0 saturated heterocycles. The summed E-state index contributed by atoms with van der Waals surface area (Å²) in [6.45, 7) is -0.462. The first kappa shape index (κ1) is 3.17. The summed E-state index contributed by atoms with van der Waals surface area (Å²) in [6.07, 6.45) is -0.312. The fraction of sp³-hybridized carbons (Fsp3) is 0.167. The van der Waals surface area contributed by atoms with E-state index in [1.165, 1.54) is 0 Å². The van der Waals surface area contributed by atoms with E-state index in [9.17, 15) is 0 Å². The van der Waals surface area contributed by atoms with Crippen LogP contribution >= 0.6 is 0 Å². The maximum atomic E-state index is 8.74. The van der Waals surface area contributed by atoms with Crippen molar-refractivity contribution in [1.29, 1.82) is 0 Å². The maximum absolute atomic E-state index is 8.74. The Labute approximate surface area is 57.4 Å². The van der Waals surface area contributed by atoms with Crippen molar-refractivity contribution in [3.63, 3.8) is 0 Å². The van der Waals surface area contributed by atoms with Crippen molar-refractivity contribution in [1.82, 2.24) is 4.98 Å². The topological polar surface area (TPSA) is 59.1 Å². The second-order valence-corrected chi connectivity index (χ2v) is 1.50. The summed E-state index contributed by atoms with van der Waals surface area (Å²) in [5, 5.41) is 8.74. The highest BCUT2D eigenvalue weighted by molar-refractivity contribution is 5.31. The first-order valence-electron chi connectivity index (χ1n) is 3.91. The molecule has 0 radical (unpaired) electrons. The predicted molar refractivity (Wildman–Crippen MR) is 34.6 cm³/mol. The number of hydrogen-bond donors (Lipinski definition) is 2. The van der Waals surface area contributed by atoms with Crippen molar-refractivity contribution >= 4 is 5.82 Å². The van der Waals surface area contributed by atoms with Gasteiger partial charge in [0.05, 0.1) is 10.7 Å². The number of nitrogens with two attached hydrogens (primary N) is 1. The summed E-state index contributed by atoms with van der Waals surface area (Å²) in [4.78, 5) is 3.44. The molecule has 0 spiro atoms. The number of aliphatic hydroxyl groups excluding tert-OH is 1. The number of rotatable bonds is 1. The molecule has 0 unspecified atom stereocenters. The molecule has 1 heterocycles. The van der Waals surface area contributed by atoms with E-state index in [1.807, 2.05) is 0 Å². The summed E-state index contributed by atoms with van der Waals surface area (Å²) in [5.74, 6) is -0.125. The number of nitrogen functional groups attached to an aromatic ring is 1. The van der Waals surface area contributed by atoms with Gasteiger partial charge in [-0.1, -0.05) is 0 Å². The summed E-state index contributed by atoms with van der Waals surface area (Å²) in [7, 11) is 0. The van der Waals surface area contributed by atoms with Crippen LogP contribution in [0.4, 0.5) is 5.82 Å². The summed E-state index contributed by atoms with van der Waals surface area (Å²) in [5.41, 5.74) is 5.30. The van der Waals surface area contributed by atoms with Gasteiger partial charge in [0.2, 0.25) is 0 Å². The van der Waals surface area contributed by atoms with E-state index in [4.69, 9.17) is 15.0 Å². The molecule has 0 aromatic carbocycles. The number of hydrogen-bond acceptors (Lipinski definition) is 3. The Bertz CT molecular complexity index is 290. The fourth-order valence-electron chi connectivity index (χ4n) is 0.449. The molecule has 1 rings (SSSR count). The lowest BCUT2D eigenvalue weighted by Gasteiger charge is -1.94. The molecule has 0 bridgehead atoms. The molecule has 0 amide bonds. The van der Waals surface area contributed by atoms with Crippen LogP contribution in [0.1, 0.15) is 9.68 Å². The number of pyridine rings is 1. The van der Waals surface area contributed by atoms with E-state index in [2.05, 4.69) is 4.98 Å². The molecule has 9 heavy (non-hydrogen) atoms. The molecule has 3 heteroatoms. The Kier molecular flexibility index (Phi) is 0.866. The van der Waals surface area contributed by atoms with Gasteiger partial charge >= 0.3 is 0 Å². The molecule has 0 aliphatic rings. The van der Waals surface area contributed by atoms with Crippen LogP contribution in [-0.2, 0) is 6.61 Å². The van der Waals surface area contributed by atoms with Crippen LogP contribution in [0.3, 0.4) is 0 Å². The van der Waals surface area contributed by atoms with Gasteiger partial charge in [0.1, 0.15) is 5.82 Å².